The second-order valence-electron chi connectivity index (χ2n) is 9.53. The van der Waals surface area contributed by atoms with E-state index in [1.807, 2.05) is 61.9 Å². The van der Waals surface area contributed by atoms with Crippen LogP contribution in [0.3, 0.4) is 0 Å². The molecule has 0 spiro atoms. The van der Waals surface area contributed by atoms with Crippen LogP contribution < -0.4 is 10.5 Å². The lowest BCUT2D eigenvalue weighted by Gasteiger charge is -2.20. The van der Waals surface area contributed by atoms with E-state index in [0.29, 0.717) is 35.1 Å². The Bertz CT molecular complexity index is 1700. The number of nitrogens with two attached hydrogens (primary N) is 1. The fourth-order valence-corrected chi connectivity index (χ4v) is 4.87. The average Bonchev–Trinajstić information content (AvgIpc) is 3.25. The summed E-state index contributed by atoms with van der Waals surface area (Å²) in [6.45, 7) is 6.56. The molecule has 10 nitrogen and oxygen atoms in total. The normalized spacial score (nSPS) is 12.0. The Labute approximate surface area is 231 Å². The number of hydrogen-bond donors (Lipinski definition) is 1. The molecule has 1 atom stereocenters. The number of aryl methyl sites for hydroxylation is 2. The summed E-state index contributed by atoms with van der Waals surface area (Å²) in [4.78, 5) is 24.2. The minimum atomic E-state index is -0.414. The van der Waals surface area contributed by atoms with Gasteiger partial charge >= 0.3 is 0 Å². The third-order valence-electron chi connectivity index (χ3n) is 6.74. The Balaban J connectivity index is 1.74. The van der Waals surface area contributed by atoms with Gasteiger partial charge in [0.2, 0.25) is 5.88 Å². The summed E-state index contributed by atoms with van der Waals surface area (Å²) in [5, 5.41) is 12.0. The van der Waals surface area contributed by atoms with Crippen molar-refractivity contribution in [1.29, 1.82) is 0 Å². The number of nitro groups is 1. The van der Waals surface area contributed by atoms with Gasteiger partial charge in [-0.2, -0.15) is 0 Å². The van der Waals surface area contributed by atoms with Crippen molar-refractivity contribution in [3.63, 3.8) is 0 Å². The third kappa shape index (κ3) is 5.08. The maximum atomic E-state index is 11.3. The predicted molar refractivity (Wildman–Crippen MR) is 154 cm³/mol. The van der Waals surface area contributed by atoms with Crippen LogP contribution in [-0.2, 0) is 11.8 Å². The quantitative estimate of drug-likeness (QED) is 0.161. The zero-order valence-corrected chi connectivity index (χ0v) is 22.8. The fraction of sp³-hybridized carbons (Fsp3) is 0.233. The summed E-state index contributed by atoms with van der Waals surface area (Å²) in [6, 6.07) is 17.9. The van der Waals surface area contributed by atoms with Gasteiger partial charge in [0.1, 0.15) is 23.5 Å². The van der Waals surface area contributed by atoms with Crippen molar-refractivity contribution in [2.75, 3.05) is 12.3 Å². The molecule has 0 fully saturated rings. The van der Waals surface area contributed by atoms with Crippen LogP contribution in [0.4, 0.5) is 11.5 Å². The van der Waals surface area contributed by atoms with Crippen LogP contribution in [0, 0.1) is 17.0 Å². The summed E-state index contributed by atoms with van der Waals surface area (Å²) >= 11 is 0. The third-order valence-corrected chi connectivity index (χ3v) is 6.74. The van der Waals surface area contributed by atoms with E-state index in [2.05, 4.69) is 21.9 Å². The first-order valence-electron chi connectivity index (χ1n) is 13.0. The summed E-state index contributed by atoms with van der Waals surface area (Å²) < 4.78 is 14.2. The van der Waals surface area contributed by atoms with E-state index < -0.39 is 4.92 Å². The SMILES string of the molecule is CCCOC(C)c1cc(Oc2cccc(C)n2)ccc1-c1c(-c2ccc([N+](=O)[O-])cc2)n(C)c2ncnc(N)c12. The molecule has 0 bridgehead atoms. The average molecular weight is 539 g/mol. The molecule has 5 rings (SSSR count). The van der Waals surface area contributed by atoms with Crippen LogP contribution in [0.1, 0.15) is 37.6 Å². The number of hydrogen-bond acceptors (Lipinski definition) is 8. The Morgan fingerprint density at radius 2 is 1.88 bits per heavy atom. The molecule has 0 aliphatic rings. The Hall–Kier alpha value is -4.83. The van der Waals surface area contributed by atoms with E-state index in [0.717, 1.165) is 40.1 Å². The lowest BCUT2D eigenvalue weighted by atomic mass is 9.92. The highest BCUT2D eigenvalue weighted by Gasteiger charge is 2.26. The van der Waals surface area contributed by atoms with Crippen molar-refractivity contribution in [2.24, 2.45) is 7.05 Å². The molecule has 0 aliphatic carbocycles. The second kappa shape index (κ2) is 11.1. The predicted octanol–water partition coefficient (Wildman–Crippen LogP) is 6.78. The number of aromatic nitrogens is 4. The van der Waals surface area contributed by atoms with E-state index in [1.54, 1.807) is 12.1 Å². The molecular weight excluding hydrogens is 508 g/mol. The van der Waals surface area contributed by atoms with Gasteiger partial charge in [0, 0.05) is 43.1 Å². The molecule has 40 heavy (non-hydrogen) atoms. The molecule has 0 radical (unpaired) electrons. The molecule has 3 aromatic heterocycles. The maximum absolute atomic E-state index is 11.3. The Morgan fingerprint density at radius 3 is 2.58 bits per heavy atom. The first kappa shape index (κ1) is 26.8. The standard InChI is InChI=1S/C30H30N6O4/c1-5-15-39-19(3)24-16-22(40-25-8-6-7-18(2)34-25)13-14-23(24)26-27-29(31)32-17-33-30(27)35(4)28(26)20-9-11-21(12-10-20)36(37)38/h6-14,16-17,19H,5,15H2,1-4H3,(H2,31,32,33). The van der Waals surface area contributed by atoms with E-state index in [1.165, 1.54) is 18.5 Å². The number of nitro benzene ring substituents is 1. The monoisotopic (exact) mass is 538 g/mol. The lowest BCUT2D eigenvalue weighted by Crippen LogP contribution is -2.04. The highest BCUT2D eigenvalue weighted by Crippen LogP contribution is 2.45. The maximum Gasteiger partial charge on any atom is 0.269 e. The minimum Gasteiger partial charge on any atom is -0.439 e. The van der Waals surface area contributed by atoms with Gasteiger partial charge in [-0.25, -0.2) is 15.0 Å². The molecule has 5 aromatic rings. The highest BCUT2D eigenvalue weighted by atomic mass is 16.6. The Kier molecular flexibility index (Phi) is 7.43. The molecule has 10 heteroatoms. The fourth-order valence-electron chi connectivity index (χ4n) is 4.87. The minimum absolute atomic E-state index is 0.0110. The molecule has 0 saturated carbocycles. The van der Waals surface area contributed by atoms with Crippen LogP contribution in [-0.4, -0.2) is 31.0 Å². The summed E-state index contributed by atoms with van der Waals surface area (Å²) in [5.74, 6) is 1.45. The summed E-state index contributed by atoms with van der Waals surface area (Å²) in [7, 11) is 1.90. The first-order chi connectivity index (χ1) is 19.3. The number of non-ortho nitro benzene ring substituents is 1. The molecule has 3 heterocycles. The van der Waals surface area contributed by atoms with Gasteiger partial charge in [-0.15, -0.1) is 0 Å². The number of rotatable bonds is 9. The molecule has 2 aromatic carbocycles. The summed E-state index contributed by atoms with van der Waals surface area (Å²) in [5.41, 5.74) is 12.1. The molecule has 204 valence electrons. The molecular formula is C30H30N6O4. The van der Waals surface area contributed by atoms with Crippen LogP contribution in [0.2, 0.25) is 0 Å². The van der Waals surface area contributed by atoms with Gasteiger partial charge in [0.05, 0.1) is 22.1 Å². The zero-order chi connectivity index (χ0) is 28.4. The van der Waals surface area contributed by atoms with Gasteiger partial charge in [-0.1, -0.05) is 19.1 Å². The van der Waals surface area contributed by atoms with Crippen LogP contribution in [0.15, 0.2) is 67.0 Å². The molecule has 2 N–H and O–H groups in total. The van der Waals surface area contributed by atoms with Crippen LogP contribution in [0.5, 0.6) is 11.6 Å². The van der Waals surface area contributed by atoms with Crippen LogP contribution >= 0.6 is 0 Å². The highest BCUT2D eigenvalue weighted by molar-refractivity contribution is 6.08. The molecule has 0 aliphatic heterocycles. The topological polar surface area (TPSA) is 131 Å². The van der Waals surface area contributed by atoms with E-state index >= 15 is 0 Å². The van der Waals surface area contributed by atoms with Crippen molar-refractivity contribution in [3.05, 3.63) is 88.4 Å². The van der Waals surface area contributed by atoms with Crippen molar-refractivity contribution < 1.29 is 14.4 Å². The van der Waals surface area contributed by atoms with Crippen molar-refractivity contribution in [1.82, 2.24) is 19.5 Å². The van der Waals surface area contributed by atoms with Crippen molar-refractivity contribution in [2.45, 2.75) is 33.3 Å². The number of fused-ring (bicyclic) bond motifs is 1. The van der Waals surface area contributed by atoms with Gasteiger partial charge in [-0.05, 0) is 67.3 Å². The smallest absolute Gasteiger partial charge is 0.269 e. The molecule has 0 amide bonds. The second-order valence-corrected chi connectivity index (χ2v) is 9.53. The Morgan fingerprint density at radius 1 is 1.10 bits per heavy atom. The number of ether oxygens (including phenoxy) is 2. The lowest BCUT2D eigenvalue weighted by molar-refractivity contribution is -0.384. The molecule has 0 saturated heterocycles. The largest absolute Gasteiger partial charge is 0.439 e. The van der Waals surface area contributed by atoms with Crippen molar-refractivity contribution in [3.8, 4) is 34.0 Å². The number of nitrogens with zero attached hydrogens (tertiary/aromatic N) is 5. The number of pyridine rings is 1. The summed E-state index contributed by atoms with van der Waals surface area (Å²) in [6.07, 6.45) is 2.02. The number of nitrogen functional groups attached to an aromatic ring is 1. The van der Waals surface area contributed by atoms with Gasteiger partial charge in [0.15, 0.2) is 0 Å². The van der Waals surface area contributed by atoms with Crippen molar-refractivity contribution >= 4 is 22.5 Å². The van der Waals surface area contributed by atoms with Crippen LogP contribution in [0.25, 0.3) is 33.4 Å². The first-order valence-corrected chi connectivity index (χ1v) is 13.0. The van der Waals surface area contributed by atoms with Gasteiger partial charge in [0.25, 0.3) is 5.69 Å². The van der Waals surface area contributed by atoms with Gasteiger partial charge < -0.3 is 19.8 Å². The number of anilines is 1. The van der Waals surface area contributed by atoms with Gasteiger partial charge in [-0.3, -0.25) is 10.1 Å². The van der Waals surface area contributed by atoms with E-state index in [4.69, 9.17) is 15.2 Å². The molecule has 1 unspecified atom stereocenters. The van der Waals surface area contributed by atoms with E-state index in [-0.39, 0.29) is 11.8 Å². The van der Waals surface area contributed by atoms with E-state index in [9.17, 15) is 10.1 Å². The number of benzene rings is 2. The zero-order valence-electron chi connectivity index (χ0n) is 22.8.